The fraction of sp³-hybridized carbons (Fsp3) is 0.160. The molecular formula is C25H22N6OS2. The summed E-state index contributed by atoms with van der Waals surface area (Å²) >= 11 is 3.04. The maximum atomic E-state index is 12.8. The van der Waals surface area contributed by atoms with Gasteiger partial charge in [0.05, 0.1) is 15.5 Å². The Bertz CT molecular complexity index is 1460. The van der Waals surface area contributed by atoms with Gasteiger partial charge in [-0.2, -0.15) is 0 Å². The molecule has 0 aliphatic rings. The number of benzene rings is 2. The minimum Gasteiger partial charge on any atom is -0.325 e. The lowest BCUT2D eigenvalue weighted by Crippen LogP contribution is -2.22. The summed E-state index contributed by atoms with van der Waals surface area (Å²) < 4.78 is 3.06. The van der Waals surface area contributed by atoms with Crippen LogP contribution in [0.3, 0.4) is 0 Å². The third kappa shape index (κ3) is 4.57. The zero-order valence-corrected chi connectivity index (χ0v) is 20.5. The zero-order valence-electron chi connectivity index (χ0n) is 18.9. The highest BCUT2D eigenvalue weighted by Crippen LogP contribution is 2.31. The molecule has 7 nitrogen and oxygen atoms in total. The van der Waals surface area contributed by atoms with Crippen LogP contribution in [0, 0.1) is 6.92 Å². The summed E-state index contributed by atoms with van der Waals surface area (Å²) in [6.45, 7) is 3.94. The Morgan fingerprint density at radius 2 is 1.79 bits per heavy atom. The van der Waals surface area contributed by atoms with E-state index >= 15 is 0 Å². The number of aromatic nitrogens is 5. The van der Waals surface area contributed by atoms with E-state index in [4.69, 9.17) is 4.98 Å². The Balaban J connectivity index is 1.25. The number of nitrogens with zero attached hydrogens (tertiary/aromatic N) is 5. The van der Waals surface area contributed by atoms with Gasteiger partial charge >= 0.3 is 0 Å². The molecule has 0 radical (unpaired) electrons. The van der Waals surface area contributed by atoms with Crippen LogP contribution in [0.15, 0.2) is 72.1 Å². The fourth-order valence-corrected chi connectivity index (χ4v) is 5.36. The standard InChI is InChI=1S/C25H22N6OS2/c1-15-4-9-20-21(14-15)34-24(28-20)18-5-7-19(8-6-18)27-23(32)16(2)33-25-30-29-22(31(25)3)17-10-12-26-13-11-17/h4-14,16H,1-3H3,(H,27,32). The predicted molar refractivity (Wildman–Crippen MR) is 138 cm³/mol. The molecule has 3 heterocycles. The summed E-state index contributed by atoms with van der Waals surface area (Å²) in [6.07, 6.45) is 3.44. The SMILES string of the molecule is Cc1ccc2nc(-c3ccc(NC(=O)C(C)Sc4nnc(-c5ccncc5)n4C)cc3)sc2c1. The van der Waals surface area contributed by atoms with Gasteiger partial charge in [-0.1, -0.05) is 17.8 Å². The molecule has 0 fully saturated rings. The Morgan fingerprint density at radius 3 is 2.56 bits per heavy atom. The number of carbonyl (C=O) groups is 1. The van der Waals surface area contributed by atoms with Gasteiger partial charge in [0.2, 0.25) is 5.91 Å². The van der Waals surface area contributed by atoms with E-state index in [0.717, 1.165) is 33.2 Å². The largest absolute Gasteiger partial charge is 0.325 e. The number of anilines is 1. The van der Waals surface area contributed by atoms with Crippen molar-refractivity contribution in [3.63, 3.8) is 0 Å². The minimum atomic E-state index is -0.347. The topological polar surface area (TPSA) is 85.6 Å². The van der Waals surface area contributed by atoms with Gasteiger partial charge in [-0.05, 0) is 67.9 Å². The summed E-state index contributed by atoms with van der Waals surface area (Å²) in [6, 6.07) is 17.8. The lowest BCUT2D eigenvalue weighted by atomic mass is 10.2. The Morgan fingerprint density at radius 1 is 1.03 bits per heavy atom. The van der Waals surface area contributed by atoms with E-state index in [1.807, 2.05) is 54.9 Å². The van der Waals surface area contributed by atoms with Gasteiger partial charge in [-0.25, -0.2) is 4.98 Å². The molecule has 0 bridgehead atoms. The van der Waals surface area contributed by atoms with E-state index in [9.17, 15) is 4.79 Å². The quantitative estimate of drug-likeness (QED) is 0.315. The van der Waals surface area contributed by atoms with Crippen molar-refractivity contribution in [3.05, 3.63) is 72.6 Å². The summed E-state index contributed by atoms with van der Waals surface area (Å²) in [5, 5.41) is 12.8. The molecular weight excluding hydrogens is 464 g/mol. The van der Waals surface area contributed by atoms with Crippen LogP contribution in [0.4, 0.5) is 5.69 Å². The summed E-state index contributed by atoms with van der Waals surface area (Å²) in [5.41, 5.74) is 4.93. The highest BCUT2D eigenvalue weighted by molar-refractivity contribution is 8.00. The number of amides is 1. The van der Waals surface area contributed by atoms with E-state index in [2.05, 4.69) is 45.6 Å². The van der Waals surface area contributed by atoms with Crippen molar-refractivity contribution in [1.82, 2.24) is 24.7 Å². The number of carbonyl (C=O) groups excluding carboxylic acids is 1. The second-order valence-electron chi connectivity index (χ2n) is 7.92. The Kier molecular flexibility index (Phi) is 6.12. The lowest BCUT2D eigenvalue weighted by Gasteiger charge is -2.12. The van der Waals surface area contributed by atoms with Crippen molar-refractivity contribution < 1.29 is 4.79 Å². The molecule has 0 saturated carbocycles. The molecule has 2 aromatic carbocycles. The summed E-state index contributed by atoms with van der Waals surface area (Å²) in [4.78, 5) is 21.6. The lowest BCUT2D eigenvalue weighted by molar-refractivity contribution is -0.115. The van der Waals surface area contributed by atoms with Crippen LogP contribution in [0.2, 0.25) is 0 Å². The molecule has 9 heteroatoms. The number of fused-ring (bicyclic) bond motifs is 1. The predicted octanol–water partition coefficient (Wildman–Crippen LogP) is 5.58. The van der Waals surface area contributed by atoms with Gasteiger partial charge in [-0.3, -0.25) is 9.78 Å². The first-order chi connectivity index (χ1) is 16.5. The first-order valence-electron chi connectivity index (χ1n) is 10.7. The van der Waals surface area contributed by atoms with Crippen molar-refractivity contribution >= 4 is 44.9 Å². The van der Waals surface area contributed by atoms with E-state index in [1.54, 1.807) is 23.7 Å². The second-order valence-corrected chi connectivity index (χ2v) is 10.3. The molecule has 0 spiro atoms. The average Bonchev–Trinajstić information content (AvgIpc) is 3.43. The Hall–Kier alpha value is -3.56. The van der Waals surface area contributed by atoms with E-state index < -0.39 is 0 Å². The molecule has 1 unspecified atom stereocenters. The van der Waals surface area contributed by atoms with Crippen molar-refractivity contribution in [2.75, 3.05) is 5.32 Å². The molecule has 1 N–H and O–H groups in total. The monoisotopic (exact) mass is 486 g/mol. The number of nitrogens with one attached hydrogen (secondary N) is 1. The molecule has 5 rings (SSSR count). The number of thiazole rings is 1. The molecule has 5 aromatic rings. The minimum absolute atomic E-state index is 0.0957. The van der Waals surface area contributed by atoms with Gasteiger partial charge in [0, 0.05) is 36.3 Å². The van der Waals surface area contributed by atoms with Crippen LogP contribution in [0.25, 0.3) is 32.2 Å². The fourth-order valence-electron chi connectivity index (χ4n) is 3.48. The van der Waals surface area contributed by atoms with Crippen LogP contribution in [0.5, 0.6) is 0 Å². The molecule has 0 aliphatic carbocycles. The summed E-state index contributed by atoms with van der Waals surface area (Å²) in [7, 11) is 1.89. The molecule has 1 atom stereocenters. The molecule has 34 heavy (non-hydrogen) atoms. The highest BCUT2D eigenvalue weighted by Gasteiger charge is 2.19. The number of pyridine rings is 1. The van der Waals surface area contributed by atoms with Crippen LogP contribution < -0.4 is 5.32 Å². The second kappa shape index (κ2) is 9.36. The van der Waals surface area contributed by atoms with Crippen molar-refractivity contribution in [3.8, 4) is 22.0 Å². The number of hydrogen-bond acceptors (Lipinski definition) is 7. The third-order valence-corrected chi connectivity index (χ3v) is 7.57. The first kappa shape index (κ1) is 22.2. The zero-order chi connectivity index (χ0) is 23.7. The van der Waals surface area contributed by atoms with Gasteiger partial charge in [0.25, 0.3) is 0 Å². The normalized spacial score (nSPS) is 12.1. The first-order valence-corrected chi connectivity index (χ1v) is 12.4. The van der Waals surface area contributed by atoms with Crippen LogP contribution >= 0.6 is 23.1 Å². The van der Waals surface area contributed by atoms with E-state index in [1.165, 1.54) is 22.0 Å². The van der Waals surface area contributed by atoms with E-state index in [0.29, 0.717) is 5.16 Å². The van der Waals surface area contributed by atoms with Crippen LogP contribution in [-0.4, -0.2) is 35.9 Å². The van der Waals surface area contributed by atoms with Gasteiger partial charge in [0.15, 0.2) is 11.0 Å². The number of aryl methyl sites for hydroxylation is 1. The average molecular weight is 487 g/mol. The molecule has 0 aliphatic heterocycles. The number of hydrogen-bond donors (Lipinski definition) is 1. The molecule has 1 amide bonds. The summed E-state index contributed by atoms with van der Waals surface area (Å²) in [5.74, 6) is 0.639. The third-order valence-electron chi connectivity index (χ3n) is 5.37. The van der Waals surface area contributed by atoms with Gasteiger partial charge in [0.1, 0.15) is 5.01 Å². The van der Waals surface area contributed by atoms with Crippen molar-refractivity contribution in [2.45, 2.75) is 24.3 Å². The van der Waals surface area contributed by atoms with Gasteiger partial charge in [-0.15, -0.1) is 21.5 Å². The smallest absolute Gasteiger partial charge is 0.237 e. The maximum Gasteiger partial charge on any atom is 0.237 e. The maximum absolute atomic E-state index is 12.8. The van der Waals surface area contributed by atoms with Crippen molar-refractivity contribution in [2.24, 2.45) is 7.05 Å². The molecule has 3 aromatic heterocycles. The van der Waals surface area contributed by atoms with Crippen LogP contribution in [0.1, 0.15) is 12.5 Å². The van der Waals surface area contributed by atoms with E-state index in [-0.39, 0.29) is 11.2 Å². The Labute approximate surface area is 205 Å². The van der Waals surface area contributed by atoms with Crippen LogP contribution in [-0.2, 0) is 11.8 Å². The number of rotatable bonds is 6. The van der Waals surface area contributed by atoms with Crippen molar-refractivity contribution in [1.29, 1.82) is 0 Å². The van der Waals surface area contributed by atoms with Gasteiger partial charge < -0.3 is 9.88 Å². The molecule has 0 saturated heterocycles. The molecule has 170 valence electrons. The highest BCUT2D eigenvalue weighted by atomic mass is 32.2. The number of thioether (sulfide) groups is 1.